The second-order valence-corrected chi connectivity index (χ2v) is 5.49. The number of amides is 1. The van der Waals surface area contributed by atoms with Crippen LogP contribution in [0.4, 0.5) is 0 Å². The minimum absolute atomic E-state index is 0.127. The molecule has 3 rings (SSSR count). The second kappa shape index (κ2) is 6.20. The van der Waals surface area contributed by atoms with Crippen molar-refractivity contribution in [2.75, 3.05) is 6.54 Å². The number of hydrogen-bond acceptors (Lipinski definition) is 3. The highest BCUT2D eigenvalue weighted by Crippen LogP contribution is 2.17. The Kier molecular flexibility index (Phi) is 4.11. The van der Waals surface area contributed by atoms with Crippen molar-refractivity contribution >= 4 is 28.6 Å². The Bertz CT molecular complexity index is 826. The molecule has 0 aliphatic carbocycles. The second-order valence-electron chi connectivity index (χ2n) is 5.05. The van der Waals surface area contributed by atoms with Gasteiger partial charge in [-0.15, -0.1) is 0 Å². The van der Waals surface area contributed by atoms with Crippen molar-refractivity contribution in [1.29, 1.82) is 0 Å². The van der Waals surface area contributed by atoms with Crippen molar-refractivity contribution in [3.8, 4) is 0 Å². The Morgan fingerprint density at radius 3 is 2.95 bits per heavy atom. The fourth-order valence-electron chi connectivity index (χ4n) is 2.30. The first-order chi connectivity index (χ1) is 10.6. The van der Waals surface area contributed by atoms with Crippen molar-refractivity contribution in [1.82, 2.24) is 10.3 Å². The van der Waals surface area contributed by atoms with Crippen molar-refractivity contribution < 1.29 is 9.21 Å². The molecule has 0 saturated carbocycles. The van der Waals surface area contributed by atoms with Gasteiger partial charge in [-0.05, 0) is 42.3 Å². The summed E-state index contributed by atoms with van der Waals surface area (Å²) in [6, 6.07) is 12.9. The maximum absolute atomic E-state index is 12.2. The minimum atomic E-state index is -0.127. The monoisotopic (exact) mass is 314 g/mol. The molecule has 1 heterocycles. The summed E-state index contributed by atoms with van der Waals surface area (Å²) in [5.41, 5.74) is 3.04. The van der Waals surface area contributed by atoms with Crippen LogP contribution in [0.1, 0.15) is 21.8 Å². The molecule has 0 unspecified atom stereocenters. The molecule has 1 amide bonds. The smallest absolute Gasteiger partial charge is 0.251 e. The molecule has 1 N–H and O–H groups in total. The molecule has 0 aliphatic heterocycles. The van der Waals surface area contributed by atoms with Crippen LogP contribution in [0.3, 0.4) is 0 Å². The van der Waals surface area contributed by atoms with Crippen LogP contribution in [0, 0.1) is 6.92 Å². The molecular formula is C17H15ClN2O2. The molecule has 1 aromatic heterocycles. The van der Waals surface area contributed by atoms with E-state index in [2.05, 4.69) is 10.3 Å². The van der Waals surface area contributed by atoms with Crippen LogP contribution in [-0.2, 0) is 6.42 Å². The summed E-state index contributed by atoms with van der Waals surface area (Å²) in [7, 11) is 0. The lowest BCUT2D eigenvalue weighted by atomic mass is 10.1. The van der Waals surface area contributed by atoms with E-state index < -0.39 is 0 Å². The summed E-state index contributed by atoms with van der Waals surface area (Å²) >= 11 is 5.94. The van der Waals surface area contributed by atoms with E-state index >= 15 is 0 Å². The van der Waals surface area contributed by atoms with E-state index in [-0.39, 0.29) is 5.91 Å². The van der Waals surface area contributed by atoms with Crippen LogP contribution in [0.25, 0.3) is 11.1 Å². The number of rotatable bonds is 4. The third kappa shape index (κ3) is 3.28. The first kappa shape index (κ1) is 14.6. The van der Waals surface area contributed by atoms with Gasteiger partial charge >= 0.3 is 0 Å². The van der Waals surface area contributed by atoms with Crippen LogP contribution >= 0.6 is 11.6 Å². The average molecular weight is 315 g/mol. The average Bonchev–Trinajstić information content (AvgIpc) is 2.86. The SMILES string of the molecule is Cc1nc2ccc(C(=O)NCCc3cccc(Cl)c3)cc2o1. The van der Waals surface area contributed by atoms with E-state index in [4.69, 9.17) is 16.0 Å². The summed E-state index contributed by atoms with van der Waals surface area (Å²) in [6.45, 7) is 2.33. The number of nitrogens with zero attached hydrogens (tertiary/aromatic N) is 1. The molecular weight excluding hydrogens is 300 g/mol. The lowest BCUT2D eigenvalue weighted by Crippen LogP contribution is -2.25. The zero-order valence-electron chi connectivity index (χ0n) is 12.1. The molecule has 0 fully saturated rings. The number of aryl methyl sites for hydroxylation is 1. The van der Waals surface area contributed by atoms with Gasteiger partial charge in [0.05, 0.1) is 0 Å². The molecule has 0 aliphatic rings. The zero-order chi connectivity index (χ0) is 15.5. The van der Waals surface area contributed by atoms with Crippen LogP contribution in [0.5, 0.6) is 0 Å². The van der Waals surface area contributed by atoms with Crippen LogP contribution in [0.15, 0.2) is 46.9 Å². The van der Waals surface area contributed by atoms with Crippen molar-refractivity contribution in [2.45, 2.75) is 13.3 Å². The Hall–Kier alpha value is -2.33. The van der Waals surface area contributed by atoms with Crippen molar-refractivity contribution in [3.63, 3.8) is 0 Å². The van der Waals surface area contributed by atoms with Crippen LogP contribution in [-0.4, -0.2) is 17.4 Å². The summed E-state index contributed by atoms with van der Waals surface area (Å²) in [5.74, 6) is 0.464. The van der Waals surface area contributed by atoms with Gasteiger partial charge in [0.25, 0.3) is 5.91 Å². The van der Waals surface area contributed by atoms with Gasteiger partial charge in [-0.1, -0.05) is 23.7 Å². The molecule has 0 radical (unpaired) electrons. The predicted octanol–water partition coefficient (Wildman–Crippen LogP) is 3.76. The van der Waals surface area contributed by atoms with E-state index in [0.717, 1.165) is 17.5 Å². The molecule has 112 valence electrons. The Morgan fingerprint density at radius 2 is 2.14 bits per heavy atom. The Labute approximate surface area is 133 Å². The lowest BCUT2D eigenvalue weighted by molar-refractivity contribution is 0.0954. The van der Waals surface area contributed by atoms with E-state index in [1.807, 2.05) is 24.3 Å². The number of aromatic nitrogens is 1. The van der Waals surface area contributed by atoms with Gasteiger partial charge in [-0.3, -0.25) is 4.79 Å². The third-order valence-corrected chi connectivity index (χ3v) is 3.58. The molecule has 0 atom stereocenters. The summed E-state index contributed by atoms with van der Waals surface area (Å²) in [5, 5.41) is 3.60. The molecule has 3 aromatic rings. The maximum Gasteiger partial charge on any atom is 0.251 e. The van der Waals surface area contributed by atoms with Gasteiger partial charge in [0.1, 0.15) is 5.52 Å². The molecule has 0 saturated heterocycles. The van der Waals surface area contributed by atoms with Gasteiger partial charge < -0.3 is 9.73 Å². The quantitative estimate of drug-likeness (QED) is 0.797. The highest BCUT2D eigenvalue weighted by atomic mass is 35.5. The fraction of sp³-hybridized carbons (Fsp3) is 0.176. The van der Waals surface area contributed by atoms with Gasteiger partial charge in [0.2, 0.25) is 0 Å². The van der Waals surface area contributed by atoms with Gasteiger partial charge in [-0.2, -0.15) is 0 Å². The van der Waals surface area contributed by atoms with E-state index in [1.165, 1.54) is 0 Å². The number of carbonyl (C=O) groups excluding carboxylic acids is 1. The molecule has 5 heteroatoms. The van der Waals surface area contributed by atoms with Gasteiger partial charge in [0, 0.05) is 24.1 Å². The van der Waals surface area contributed by atoms with E-state index in [0.29, 0.717) is 28.6 Å². The Morgan fingerprint density at radius 1 is 1.27 bits per heavy atom. The number of fused-ring (bicyclic) bond motifs is 1. The van der Waals surface area contributed by atoms with Crippen molar-refractivity contribution in [2.24, 2.45) is 0 Å². The molecule has 0 spiro atoms. The Balaban J connectivity index is 1.63. The number of nitrogens with one attached hydrogen (secondary N) is 1. The molecule has 22 heavy (non-hydrogen) atoms. The van der Waals surface area contributed by atoms with Gasteiger partial charge in [0.15, 0.2) is 11.5 Å². The van der Waals surface area contributed by atoms with Crippen LogP contribution < -0.4 is 5.32 Å². The highest BCUT2D eigenvalue weighted by molar-refractivity contribution is 6.30. The molecule has 4 nitrogen and oxygen atoms in total. The standard InChI is InChI=1S/C17H15ClN2O2/c1-11-20-15-6-5-13(10-16(15)22-11)17(21)19-8-7-12-3-2-4-14(18)9-12/h2-6,9-10H,7-8H2,1H3,(H,19,21). The number of benzene rings is 2. The topological polar surface area (TPSA) is 55.1 Å². The first-order valence-electron chi connectivity index (χ1n) is 7.02. The fourth-order valence-corrected chi connectivity index (χ4v) is 2.51. The molecule has 2 aromatic carbocycles. The van der Waals surface area contributed by atoms with E-state index in [1.54, 1.807) is 25.1 Å². The highest BCUT2D eigenvalue weighted by Gasteiger charge is 2.09. The number of carbonyl (C=O) groups is 1. The van der Waals surface area contributed by atoms with Crippen molar-refractivity contribution in [3.05, 3.63) is 64.5 Å². The van der Waals surface area contributed by atoms with E-state index in [9.17, 15) is 4.79 Å². The summed E-state index contributed by atoms with van der Waals surface area (Å²) in [4.78, 5) is 16.4. The minimum Gasteiger partial charge on any atom is -0.441 e. The summed E-state index contributed by atoms with van der Waals surface area (Å²) in [6.07, 6.45) is 0.732. The summed E-state index contributed by atoms with van der Waals surface area (Å²) < 4.78 is 5.44. The largest absolute Gasteiger partial charge is 0.441 e. The zero-order valence-corrected chi connectivity index (χ0v) is 12.9. The predicted molar refractivity (Wildman–Crippen MR) is 86.2 cm³/mol. The van der Waals surface area contributed by atoms with Gasteiger partial charge in [-0.25, -0.2) is 4.98 Å². The maximum atomic E-state index is 12.2. The van der Waals surface area contributed by atoms with Crippen LogP contribution in [0.2, 0.25) is 5.02 Å². The number of hydrogen-bond donors (Lipinski definition) is 1. The first-order valence-corrected chi connectivity index (χ1v) is 7.39. The number of halogens is 1. The third-order valence-electron chi connectivity index (χ3n) is 3.35. The lowest BCUT2D eigenvalue weighted by Gasteiger charge is -2.05. The normalized spacial score (nSPS) is 10.8. The number of oxazole rings is 1. The molecule has 0 bridgehead atoms.